The maximum atomic E-state index is 12.2. The summed E-state index contributed by atoms with van der Waals surface area (Å²) in [7, 11) is 0. The number of anilines is 1. The van der Waals surface area contributed by atoms with Gasteiger partial charge >= 0.3 is 0 Å². The molecule has 0 saturated carbocycles. The van der Waals surface area contributed by atoms with E-state index in [0.717, 1.165) is 46.7 Å². The number of amides is 1. The third-order valence-corrected chi connectivity index (χ3v) is 6.99. The van der Waals surface area contributed by atoms with Crippen LogP contribution in [0.4, 0.5) is 5.82 Å². The van der Waals surface area contributed by atoms with E-state index >= 15 is 0 Å². The first kappa shape index (κ1) is 22.1. The lowest BCUT2D eigenvalue weighted by molar-refractivity contribution is -0.127. The summed E-state index contributed by atoms with van der Waals surface area (Å²) >= 11 is 1.61. The Kier molecular flexibility index (Phi) is 6.02. The van der Waals surface area contributed by atoms with Gasteiger partial charge in [-0.15, -0.1) is 11.3 Å². The maximum absolute atomic E-state index is 12.2. The van der Waals surface area contributed by atoms with Gasteiger partial charge < -0.3 is 15.4 Å². The number of fused-ring (bicyclic) bond motifs is 1. The van der Waals surface area contributed by atoms with Crippen molar-refractivity contribution in [3.8, 4) is 17.0 Å². The highest BCUT2D eigenvalue weighted by molar-refractivity contribution is 7.10. The van der Waals surface area contributed by atoms with Crippen LogP contribution in [0.25, 0.3) is 22.3 Å². The zero-order chi connectivity index (χ0) is 23.7. The van der Waals surface area contributed by atoms with Gasteiger partial charge in [0.15, 0.2) is 5.65 Å². The first-order valence-electron chi connectivity index (χ1n) is 11.2. The largest absolute Gasteiger partial charge is 0.488 e. The molecule has 4 aromatic rings. The molecule has 8 nitrogen and oxygen atoms in total. The molecule has 0 radical (unpaired) electrons. The van der Waals surface area contributed by atoms with Crippen molar-refractivity contribution in [2.24, 2.45) is 0 Å². The van der Waals surface area contributed by atoms with Crippen LogP contribution < -0.4 is 10.5 Å². The van der Waals surface area contributed by atoms with E-state index in [1.807, 2.05) is 33.8 Å². The molecule has 1 aromatic carbocycles. The second-order valence-electron chi connectivity index (χ2n) is 8.44. The Bertz CT molecular complexity index is 1340. The molecule has 1 atom stereocenters. The Morgan fingerprint density at radius 3 is 2.94 bits per heavy atom. The van der Waals surface area contributed by atoms with E-state index in [9.17, 15) is 4.79 Å². The van der Waals surface area contributed by atoms with Gasteiger partial charge in [-0.1, -0.05) is 24.3 Å². The predicted molar refractivity (Wildman–Crippen MR) is 134 cm³/mol. The van der Waals surface area contributed by atoms with Crippen LogP contribution in [0.3, 0.4) is 0 Å². The molecule has 0 spiro atoms. The molecule has 1 fully saturated rings. The molecule has 9 heteroatoms. The van der Waals surface area contributed by atoms with Crippen molar-refractivity contribution in [3.63, 3.8) is 0 Å². The van der Waals surface area contributed by atoms with Crippen LogP contribution in [-0.2, 0) is 11.4 Å². The minimum Gasteiger partial charge on any atom is -0.488 e. The van der Waals surface area contributed by atoms with Crippen molar-refractivity contribution in [1.82, 2.24) is 24.6 Å². The van der Waals surface area contributed by atoms with E-state index in [2.05, 4.69) is 34.9 Å². The summed E-state index contributed by atoms with van der Waals surface area (Å²) in [5, 5.41) is 7.73. The summed E-state index contributed by atoms with van der Waals surface area (Å²) in [5.74, 6) is 1.17. The van der Waals surface area contributed by atoms with E-state index in [4.69, 9.17) is 15.6 Å². The van der Waals surface area contributed by atoms with Gasteiger partial charge in [-0.25, -0.2) is 14.6 Å². The summed E-state index contributed by atoms with van der Waals surface area (Å²) in [4.78, 5) is 23.8. The van der Waals surface area contributed by atoms with Crippen molar-refractivity contribution >= 4 is 34.1 Å². The molecule has 1 saturated heterocycles. The van der Waals surface area contributed by atoms with E-state index < -0.39 is 0 Å². The number of hydrogen-bond donors (Lipinski definition) is 1. The minimum atomic E-state index is -0.0634. The lowest BCUT2D eigenvalue weighted by atomic mass is 10.1. The van der Waals surface area contributed by atoms with E-state index in [1.165, 1.54) is 18.0 Å². The summed E-state index contributed by atoms with van der Waals surface area (Å²) in [6.07, 6.45) is 4.62. The summed E-state index contributed by atoms with van der Waals surface area (Å²) in [5.41, 5.74) is 9.87. The zero-order valence-corrected chi connectivity index (χ0v) is 19.8. The van der Waals surface area contributed by atoms with Gasteiger partial charge in [-0.3, -0.25) is 4.79 Å². The molecule has 1 aliphatic heterocycles. The van der Waals surface area contributed by atoms with Crippen molar-refractivity contribution in [1.29, 1.82) is 0 Å². The first-order chi connectivity index (χ1) is 16.5. The summed E-state index contributed by atoms with van der Waals surface area (Å²) < 4.78 is 7.85. The third kappa shape index (κ3) is 4.26. The number of ether oxygens (including phenoxy) is 1. The quantitative estimate of drug-likeness (QED) is 0.417. The number of nitrogen functional groups attached to an aromatic ring is 1. The van der Waals surface area contributed by atoms with Crippen LogP contribution in [0.15, 0.2) is 54.7 Å². The molecule has 5 rings (SSSR count). The number of carbonyl (C=O) groups is 1. The van der Waals surface area contributed by atoms with Crippen LogP contribution in [-0.4, -0.2) is 43.6 Å². The van der Waals surface area contributed by atoms with Crippen LogP contribution in [0.5, 0.6) is 5.75 Å². The van der Waals surface area contributed by atoms with Gasteiger partial charge in [0.25, 0.3) is 0 Å². The topological polar surface area (TPSA) is 99.2 Å². The van der Waals surface area contributed by atoms with Gasteiger partial charge in [0.1, 0.15) is 30.2 Å². The second-order valence-corrected chi connectivity index (χ2v) is 9.43. The Morgan fingerprint density at radius 1 is 1.32 bits per heavy atom. The Balaban J connectivity index is 1.44. The van der Waals surface area contributed by atoms with Crippen molar-refractivity contribution in [3.05, 3.63) is 65.1 Å². The molecule has 0 aliphatic carbocycles. The number of nitrogens with two attached hydrogens (primary N) is 1. The molecule has 174 valence electrons. The SMILES string of the molecule is C=CC(=O)N1CCCC(n2nc(-c3csc(COc4ccc(C)cc4)c3)c3c(N)ncnc32)C1. The normalized spacial score (nSPS) is 16.0. The van der Waals surface area contributed by atoms with Crippen molar-refractivity contribution in [2.45, 2.75) is 32.4 Å². The van der Waals surface area contributed by atoms with Gasteiger partial charge in [0.2, 0.25) is 5.91 Å². The maximum Gasteiger partial charge on any atom is 0.246 e. The predicted octanol–water partition coefficient (Wildman–Crippen LogP) is 4.37. The third-order valence-electron chi connectivity index (χ3n) is 6.08. The van der Waals surface area contributed by atoms with Gasteiger partial charge in [0.05, 0.1) is 11.4 Å². The number of thiophene rings is 1. The van der Waals surface area contributed by atoms with Gasteiger partial charge in [0, 0.05) is 28.9 Å². The molecule has 1 unspecified atom stereocenters. The average molecular weight is 475 g/mol. The Morgan fingerprint density at radius 2 is 2.15 bits per heavy atom. The standard InChI is InChI=1S/C25H26N6O2S/c1-3-21(32)30-10-4-5-18(12-30)31-25-22(24(26)27-15-28-25)23(29-31)17-11-20(34-14-17)13-33-19-8-6-16(2)7-9-19/h3,6-9,11,14-15,18H,1,4-5,10,12-13H2,2H3,(H2,26,27,28). The number of aromatic nitrogens is 4. The monoisotopic (exact) mass is 474 g/mol. The number of piperidine rings is 1. The van der Waals surface area contributed by atoms with Crippen molar-refractivity contribution in [2.75, 3.05) is 18.8 Å². The summed E-state index contributed by atoms with van der Waals surface area (Å²) in [6.45, 7) is 7.42. The molecule has 34 heavy (non-hydrogen) atoms. The molecular formula is C25H26N6O2S. The highest BCUT2D eigenvalue weighted by atomic mass is 32.1. The zero-order valence-electron chi connectivity index (χ0n) is 19.0. The molecule has 2 N–H and O–H groups in total. The summed E-state index contributed by atoms with van der Waals surface area (Å²) in [6, 6.07) is 10.1. The number of aryl methyl sites for hydroxylation is 1. The number of carbonyl (C=O) groups excluding carboxylic acids is 1. The lowest BCUT2D eigenvalue weighted by Gasteiger charge is -2.32. The minimum absolute atomic E-state index is 0.00572. The fourth-order valence-corrected chi connectivity index (χ4v) is 5.09. The van der Waals surface area contributed by atoms with Crippen LogP contribution in [0.1, 0.15) is 29.3 Å². The second kappa shape index (κ2) is 9.26. The van der Waals surface area contributed by atoms with Crippen molar-refractivity contribution < 1.29 is 9.53 Å². The van der Waals surface area contributed by atoms with Gasteiger partial charge in [-0.05, 0) is 44.0 Å². The Hall–Kier alpha value is -3.72. The highest BCUT2D eigenvalue weighted by Gasteiger charge is 2.28. The fraction of sp³-hybridized carbons (Fsp3) is 0.280. The van der Waals surface area contributed by atoms with Crippen LogP contribution in [0.2, 0.25) is 0 Å². The smallest absolute Gasteiger partial charge is 0.246 e. The average Bonchev–Trinajstić information content (AvgIpc) is 3.49. The lowest BCUT2D eigenvalue weighted by Crippen LogP contribution is -2.40. The number of likely N-dealkylation sites (tertiary alicyclic amines) is 1. The molecule has 3 aromatic heterocycles. The van der Waals surface area contributed by atoms with Crippen LogP contribution >= 0.6 is 11.3 Å². The fourth-order valence-electron chi connectivity index (χ4n) is 4.31. The van der Waals surface area contributed by atoms with E-state index in [-0.39, 0.29) is 11.9 Å². The number of rotatable bonds is 6. The number of hydrogen-bond acceptors (Lipinski definition) is 7. The Labute approximate surface area is 201 Å². The highest BCUT2D eigenvalue weighted by Crippen LogP contribution is 2.35. The van der Waals surface area contributed by atoms with E-state index in [0.29, 0.717) is 24.6 Å². The molecule has 1 aliphatic rings. The first-order valence-corrected chi connectivity index (χ1v) is 12.1. The van der Waals surface area contributed by atoms with Gasteiger partial charge in [-0.2, -0.15) is 5.10 Å². The number of nitrogens with zero attached hydrogens (tertiary/aromatic N) is 5. The van der Waals surface area contributed by atoms with E-state index in [1.54, 1.807) is 11.3 Å². The number of benzene rings is 1. The molecule has 1 amide bonds. The molecule has 4 heterocycles. The van der Waals surface area contributed by atoms with Crippen LogP contribution in [0, 0.1) is 6.92 Å². The molecular weight excluding hydrogens is 448 g/mol. The molecule has 0 bridgehead atoms.